The zero-order valence-corrected chi connectivity index (χ0v) is 15.3. The van der Waals surface area contributed by atoms with Crippen LogP contribution in [-0.4, -0.2) is 11.9 Å². The van der Waals surface area contributed by atoms with Gasteiger partial charge < -0.3 is 15.2 Å². The van der Waals surface area contributed by atoms with Gasteiger partial charge in [-0.05, 0) is 46.2 Å². The second-order valence-corrected chi connectivity index (χ2v) is 7.54. The Kier molecular flexibility index (Phi) is 4.79. The van der Waals surface area contributed by atoms with Crippen molar-refractivity contribution in [3.05, 3.63) is 61.9 Å². The number of carbonyl (C=O) groups is 2. The zero-order valence-electron chi connectivity index (χ0n) is 11.5. The van der Waals surface area contributed by atoms with Crippen molar-refractivity contribution in [3.63, 3.8) is 0 Å². The third-order valence-electron chi connectivity index (χ3n) is 3.13. The van der Waals surface area contributed by atoms with Crippen molar-refractivity contribution in [3.8, 4) is 10.4 Å². The van der Waals surface area contributed by atoms with Crippen LogP contribution in [0.1, 0.15) is 20.7 Å². The van der Waals surface area contributed by atoms with Crippen LogP contribution in [0.15, 0.2) is 47.2 Å². The molecule has 0 aliphatic heterocycles. The number of carboxylic acid groups (broad SMARTS) is 1. The highest BCUT2D eigenvalue weighted by Gasteiger charge is 2.18. The SMILES string of the molecule is O=C(Nc1scc(-c2cccs2)c1C(=O)[O-])c1ccccc1I. The first kappa shape index (κ1) is 16.2. The number of carbonyl (C=O) groups excluding carboxylic acids is 2. The largest absolute Gasteiger partial charge is 0.545 e. The second kappa shape index (κ2) is 6.81. The van der Waals surface area contributed by atoms with Crippen LogP contribution in [-0.2, 0) is 0 Å². The summed E-state index contributed by atoms with van der Waals surface area (Å²) in [7, 11) is 0. The Hall–Kier alpha value is -1.71. The number of hydrogen-bond acceptors (Lipinski definition) is 5. The highest BCUT2D eigenvalue weighted by molar-refractivity contribution is 14.1. The maximum absolute atomic E-state index is 12.4. The summed E-state index contributed by atoms with van der Waals surface area (Å²) in [6.45, 7) is 0. The quantitative estimate of drug-likeness (QED) is 0.612. The first-order chi connectivity index (χ1) is 11.1. The van der Waals surface area contributed by atoms with E-state index in [9.17, 15) is 14.7 Å². The molecule has 1 aromatic carbocycles. The van der Waals surface area contributed by atoms with Crippen LogP contribution < -0.4 is 10.4 Å². The van der Waals surface area contributed by atoms with Crippen LogP contribution in [0.25, 0.3) is 10.4 Å². The number of anilines is 1. The molecular formula is C16H9INO3S2-. The van der Waals surface area contributed by atoms with Gasteiger partial charge in [0.1, 0.15) is 5.00 Å². The van der Waals surface area contributed by atoms with Crippen molar-refractivity contribution >= 4 is 62.1 Å². The Balaban J connectivity index is 1.97. The lowest BCUT2D eigenvalue weighted by molar-refractivity contribution is -0.254. The van der Waals surface area contributed by atoms with E-state index in [1.807, 2.05) is 29.6 Å². The molecule has 0 saturated carbocycles. The van der Waals surface area contributed by atoms with E-state index in [-0.39, 0.29) is 16.5 Å². The van der Waals surface area contributed by atoms with Gasteiger partial charge in [0.2, 0.25) is 0 Å². The predicted molar refractivity (Wildman–Crippen MR) is 99.1 cm³/mol. The summed E-state index contributed by atoms with van der Waals surface area (Å²) in [6.07, 6.45) is 0. The lowest BCUT2D eigenvalue weighted by Crippen LogP contribution is -2.24. The van der Waals surface area contributed by atoms with Crippen LogP contribution >= 0.6 is 45.3 Å². The van der Waals surface area contributed by atoms with Gasteiger partial charge in [0.15, 0.2) is 0 Å². The summed E-state index contributed by atoms with van der Waals surface area (Å²) in [5, 5.41) is 18.1. The van der Waals surface area contributed by atoms with E-state index in [4.69, 9.17) is 0 Å². The molecule has 1 N–H and O–H groups in total. The molecule has 0 aliphatic carbocycles. The monoisotopic (exact) mass is 454 g/mol. The molecule has 0 radical (unpaired) electrons. The van der Waals surface area contributed by atoms with Crippen LogP contribution in [0.4, 0.5) is 5.00 Å². The fourth-order valence-electron chi connectivity index (χ4n) is 2.08. The molecule has 0 spiro atoms. The summed E-state index contributed by atoms with van der Waals surface area (Å²) >= 11 is 4.69. The predicted octanol–water partition coefficient (Wildman–Crippen LogP) is 3.70. The molecule has 23 heavy (non-hydrogen) atoms. The molecule has 116 valence electrons. The summed E-state index contributed by atoms with van der Waals surface area (Å²) in [5.41, 5.74) is 1.10. The van der Waals surface area contributed by atoms with Crippen molar-refractivity contribution in [1.82, 2.24) is 0 Å². The Bertz CT molecular complexity index is 871. The van der Waals surface area contributed by atoms with Gasteiger partial charge in [0.05, 0.1) is 11.5 Å². The molecule has 0 saturated heterocycles. The van der Waals surface area contributed by atoms with Crippen molar-refractivity contribution in [2.24, 2.45) is 0 Å². The maximum atomic E-state index is 12.4. The molecule has 0 atom stereocenters. The van der Waals surface area contributed by atoms with E-state index >= 15 is 0 Å². The summed E-state index contributed by atoms with van der Waals surface area (Å²) in [6, 6.07) is 10.8. The average molecular weight is 454 g/mol. The van der Waals surface area contributed by atoms with Crippen molar-refractivity contribution in [2.75, 3.05) is 5.32 Å². The van der Waals surface area contributed by atoms with E-state index in [0.29, 0.717) is 11.1 Å². The topological polar surface area (TPSA) is 69.2 Å². The van der Waals surface area contributed by atoms with Gasteiger partial charge in [0, 0.05) is 25.0 Å². The second-order valence-electron chi connectivity index (χ2n) is 4.55. The normalized spacial score (nSPS) is 10.5. The van der Waals surface area contributed by atoms with E-state index in [2.05, 4.69) is 27.9 Å². The molecule has 0 bridgehead atoms. The van der Waals surface area contributed by atoms with E-state index < -0.39 is 5.97 Å². The molecule has 0 unspecified atom stereocenters. The molecule has 1 amide bonds. The number of hydrogen-bond donors (Lipinski definition) is 1. The molecule has 4 nitrogen and oxygen atoms in total. The molecule has 2 heterocycles. The third kappa shape index (κ3) is 3.31. The first-order valence-corrected chi connectivity index (χ1v) is 9.34. The summed E-state index contributed by atoms with van der Waals surface area (Å²) < 4.78 is 0.799. The molecular weight excluding hydrogens is 445 g/mol. The van der Waals surface area contributed by atoms with Crippen molar-refractivity contribution < 1.29 is 14.7 Å². The lowest BCUT2D eigenvalue weighted by atomic mass is 10.1. The number of amides is 1. The number of aromatic carboxylic acids is 1. The van der Waals surface area contributed by atoms with Gasteiger partial charge >= 0.3 is 0 Å². The average Bonchev–Trinajstić information content (AvgIpc) is 3.16. The Morgan fingerprint density at radius 2 is 1.87 bits per heavy atom. The highest BCUT2D eigenvalue weighted by Crippen LogP contribution is 2.37. The lowest BCUT2D eigenvalue weighted by Gasteiger charge is -2.10. The molecule has 3 rings (SSSR count). The van der Waals surface area contributed by atoms with Crippen LogP contribution in [0.2, 0.25) is 0 Å². The number of nitrogens with one attached hydrogen (secondary N) is 1. The highest BCUT2D eigenvalue weighted by atomic mass is 127. The van der Waals surface area contributed by atoms with E-state index in [1.165, 1.54) is 22.7 Å². The molecule has 2 aromatic heterocycles. The number of rotatable bonds is 4. The van der Waals surface area contributed by atoms with Gasteiger partial charge in [-0.3, -0.25) is 4.79 Å². The van der Waals surface area contributed by atoms with Crippen LogP contribution in [0.3, 0.4) is 0 Å². The van der Waals surface area contributed by atoms with E-state index in [1.54, 1.807) is 17.5 Å². The van der Waals surface area contributed by atoms with Crippen LogP contribution in [0, 0.1) is 3.57 Å². The molecule has 7 heteroatoms. The standard InChI is InChI=1S/C16H10INO3S2/c17-11-5-2-1-4-9(11)14(19)18-15-13(16(20)21)10(8-23-15)12-6-3-7-22-12/h1-8H,(H,18,19)(H,20,21)/p-1. The fourth-order valence-corrected chi connectivity index (χ4v) is 4.48. The summed E-state index contributed by atoms with van der Waals surface area (Å²) in [5.74, 6) is -1.63. The zero-order chi connectivity index (χ0) is 16.4. The smallest absolute Gasteiger partial charge is 0.257 e. The van der Waals surface area contributed by atoms with Gasteiger partial charge in [0.25, 0.3) is 5.91 Å². The number of benzene rings is 1. The van der Waals surface area contributed by atoms with Gasteiger partial charge in [-0.25, -0.2) is 0 Å². The van der Waals surface area contributed by atoms with Gasteiger partial charge in [-0.1, -0.05) is 18.2 Å². The number of thiophene rings is 2. The Morgan fingerprint density at radius 3 is 2.52 bits per heavy atom. The van der Waals surface area contributed by atoms with Crippen molar-refractivity contribution in [2.45, 2.75) is 0 Å². The number of halogens is 1. The maximum Gasteiger partial charge on any atom is 0.257 e. The summed E-state index contributed by atoms with van der Waals surface area (Å²) in [4.78, 5) is 24.7. The van der Waals surface area contributed by atoms with Gasteiger partial charge in [-0.2, -0.15) is 0 Å². The Morgan fingerprint density at radius 1 is 1.09 bits per heavy atom. The Labute approximate surface area is 153 Å². The van der Waals surface area contributed by atoms with Crippen molar-refractivity contribution in [1.29, 1.82) is 0 Å². The molecule has 0 aliphatic rings. The minimum atomic E-state index is -1.30. The minimum absolute atomic E-state index is 0.0248. The molecule has 3 aromatic rings. The van der Waals surface area contributed by atoms with Crippen LogP contribution in [0.5, 0.6) is 0 Å². The fraction of sp³-hybridized carbons (Fsp3) is 0. The first-order valence-electron chi connectivity index (χ1n) is 6.50. The third-order valence-corrected chi connectivity index (χ3v) is 5.87. The number of carboxylic acids is 1. The minimum Gasteiger partial charge on any atom is -0.545 e. The van der Waals surface area contributed by atoms with Gasteiger partial charge in [-0.15, -0.1) is 22.7 Å². The van der Waals surface area contributed by atoms with E-state index in [0.717, 1.165) is 8.45 Å². The molecule has 0 fully saturated rings.